The summed E-state index contributed by atoms with van der Waals surface area (Å²) < 4.78 is 2.05. The molecule has 1 amide bonds. The van der Waals surface area contributed by atoms with Gasteiger partial charge < -0.3 is 9.47 Å². The molecule has 4 aromatic rings. The number of hydrogen-bond donors (Lipinski definition) is 0. The van der Waals surface area contributed by atoms with Crippen LogP contribution in [0.2, 0.25) is 0 Å². The Kier molecular flexibility index (Phi) is 5.64. The number of aromatic nitrogens is 4. The van der Waals surface area contributed by atoms with Crippen LogP contribution in [0.1, 0.15) is 22.6 Å². The fourth-order valence-corrected chi connectivity index (χ4v) is 4.31. The van der Waals surface area contributed by atoms with Gasteiger partial charge in [-0.3, -0.25) is 9.69 Å². The van der Waals surface area contributed by atoms with Crippen molar-refractivity contribution in [2.24, 2.45) is 7.05 Å². The van der Waals surface area contributed by atoms with E-state index < -0.39 is 0 Å². The highest BCUT2D eigenvalue weighted by Gasteiger charge is 2.26. The Balaban J connectivity index is 1.45. The van der Waals surface area contributed by atoms with Gasteiger partial charge in [0.1, 0.15) is 11.5 Å². The topological polar surface area (TPSA) is 67.2 Å². The maximum atomic E-state index is 13.9. The minimum atomic E-state index is 0.0220. The predicted octanol–water partition coefficient (Wildman–Crippen LogP) is 3.38. The molecule has 0 radical (unpaired) electrons. The molecule has 0 saturated carbocycles. The van der Waals surface area contributed by atoms with Crippen molar-refractivity contribution in [3.05, 3.63) is 78.4 Å². The number of aryl methyl sites for hydroxylation is 1. The highest BCUT2D eigenvalue weighted by Crippen LogP contribution is 2.28. The van der Waals surface area contributed by atoms with Crippen molar-refractivity contribution >= 4 is 16.8 Å². The first-order valence-corrected chi connectivity index (χ1v) is 11.0. The second-order valence-electron chi connectivity index (χ2n) is 8.18. The molecule has 0 atom stereocenters. The van der Waals surface area contributed by atoms with Crippen LogP contribution in [-0.4, -0.2) is 61.6 Å². The summed E-state index contributed by atoms with van der Waals surface area (Å²) in [4.78, 5) is 22.6. The van der Waals surface area contributed by atoms with Crippen molar-refractivity contribution in [2.75, 3.05) is 26.2 Å². The highest BCUT2D eigenvalue weighted by atomic mass is 16.2. The standard InChI is InChI=1S/C25H26N6O/c1-29-15-12-26-22(29)18-30-13-7-14-31(17-16-30)25(32)23-20-10-5-6-11-21(20)27-28-24(23)19-8-3-2-4-9-19/h2-6,8-12,15H,7,13-14,16-18H2,1H3. The van der Waals surface area contributed by atoms with Crippen molar-refractivity contribution in [2.45, 2.75) is 13.0 Å². The van der Waals surface area contributed by atoms with Gasteiger partial charge in [-0.2, -0.15) is 0 Å². The normalized spacial score (nSPS) is 15.1. The molecule has 7 heteroatoms. The summed E-state index contributed by atoms with van der Waals surface area (Å²) in [5.41, 5.74) is 2.92. The Labute approximate surface area is 187 Å². The van der Waals surface area contributed by atoms with Crippen molar-refractivity contribution in [1.29, 1.82) is 0 Å². The van der Waals surface area contributed by atoms with E-state index in [-0.39, 0.29) is 5.91 Å². The molecule has 2 aromatic heterocycles. The smallest absolute Gasteiger partial charge is 0.256 e. The van der Waals surface area contributed by atoms with E-state index in [4.69, 9.17) is 0 Å². The number of benzene rings is 2. The third-order valence-corrected chi connectivity index (χ3v) is 6.09. The molecule has 7 nitrogen and oxygen atoms in total. The van der Waals surface area contributed by atoms with Crippen molar-refractivity contribution < 1.29 is 4.79 Å². The van der Waals surface area contributed by atoms with Crippen LogP contribution in [0, 0.1) is 0 Å². The van der Waals surface area contributed by atoms with E-state index in [1.807, 2.05) is 78.9 Å². The van der Waals surface area contributed by atoms with Gasteiger partial charge in [-0.15, -0.1) is 10.2 Å². The minimum Gasteiger partial charge on any atom is -0.337 e. The van der Waals surface area contributed by atoms with Crippen LogP contribution >= 0.6 is 0 Å². The fraction of sp³-hybridized carbons (Fsp3) is 0.280. The van der Waals surface area contributed by atoms with Gasteiger partial charge in [0.25, 0.3) is 5.91 Å². The Bertz CT molecular complexity index is 1240. The van der Waals surface area contributed by atoms with E-state index in [0.29, 0.717) is 17.8 Å². The first-order valence-electron chi connectivity index (χ1n) is 11.0. The van der Waals surface area contributed by atoms with Gasteiger partial charge in [-0.1, -0.05) is 48.5 Å². The van der Waals surface area contributed by atoms with Crippen LogP contribution in [0.4, 0.5) is 0 Å². The monoisotopic (exact) mass is 426 g/mol. The average molecular weight is 427 g/mol. The second-order valence-corrected chi connectivity index (χ2v) is 8.18. The van der Waals surface area contributed by atoms with Crippen LogP contribution in [0.15, 0.2) is 67.0 Å². The van der Waals surface area contributed by atoms with E-state index in [1.54, 1.807) is 0 Å². The number of amides is 1. The Morgan fingerprint density at radius 3 is 2.56 bits per heavy atom. The molecule has 3 heterocycles. The highest BCUT2D eigenvalue weighted by molar-refractivity contribution is 6.10. The molecule has 0 aliphatic carbocycles. The lowest BCUT2D eigenvalue weighted by Crippen LogP contribution is -2.35. The summed E-state index contributed by atoms with van der Waals surface area (Å²) in [5, 5.41) is 9.71. The van der Waals surface area contributed by atoms with Crippen molar-refractivity contribution in [3.8, 4) is 11.3 Å². The summed E-state index contributed by atoms with van der Waals surface area (Å²) in [5.74, 6) is 1.06. The van der Waals surface area contributed by atoms with Gasteiger partial charge in [0, 0.05) is 56.6 Å². The zero-order chi connectivity index (χ0) is 21.9. The molecule has 162 valence electrons. The Morgan fingerprint density at radius 2 is 1.75 bits per heavy atom. The predicted molar refractivity (Wildman–Crippen MR) is 124 cm³/mol. The quantitative estimate of drug-likeness (QED) is 0.501. The molecule has 5 rings (SSSR count). The lowest BCUT2D eigenvalue weighted by molar-refractivity contribution is 0.0763. The minimum absolute atomic E-state index is 0.0220. The number of imidazole rings is 1. The number of hydrogen-bond acceptors (Lipinski definition) is 5. The average Bonchev–Trinajstić information content (AvgIpc) is 3.09. The lowest BCUT2D eigenvalue weighted by atomic mass is 10.0. The molecule has 0 bridgehead atoms. The Hall–Kier alpha value is -3.58. The number of fused-ring (bicyclic) bond motifs is 1. The fourth-order valence-electron chi connectivity index (χ4n) is 4.31. The zero-order valence-corrected chi connectivity index (χ0v) is 18.2. The maximum absolute atomic E-state index is 13.9. The van der Waals surface area contributed by atoms with E-state index in [2.05, 4.69) is 24.6 Å². The van der Waals surface area contributed by atoms with E-state index in [0.717, 1.165) is 54.9 Å². The van der Waals surface area contributed by atoms with Crippen molar-refractivity contribution in [3.63, 3.8) is 0 Å². The van der Waals surface area contributed by atoms with Crippen molar-refractivity contribution in [1.82, 2.24) is 29.5 Å². The summed E-state index contributed by atoms with van der Waals surface area (Å²) in [6.07, 6.45) is 4.72. The molecule has 0 N–H and O–H groups in total. The first kappa shape index (κ1) is 20.3. The molecule has 1 saturated heterocycles. The summed E-state index contributed by atoms with van der Waals surface area (Å²) in [6, 6.07) is 17.6. The Morgan fingerprint density at radius 1 is 0.938 bits per heavy atom. The molecular weight excluding hydrogens is 400 g/mol. The maximum Gasteiger partial charge on any atom is 0.256 e. The second kappa shape index (κ2) is 8.88. The number of carbonyl (C=O) groups is 1. The van der Waals surface area contributed by atoms with Crippen LogP contribution in [0.5, 0.6) is 0 Å². The van der Waals surface area contributed by atoms with Crippen LogP contribution in [0.25, 0.3) is 22.2 Å². The molecule has 1 aliphatic rings. The molecule has 1 fully saturated rings. The third-order valence-electron chi connectivity index (χ3n) is 6.09. The summed E-state index contributed by atoms with van der Waals surface area (Å²) in [6.45, 7) is 3.95. The largest absolute Gasteiger partial charge is 0.337 e. The van der Waals surface area contributed by atoms with E-state index in [9.17, 15) is 4.79 Å². The SMILES string of the molecule is Cn1ccnc1CN1CCCN(C(=O)c2c(-c3ccccc3)nnc3ccccc23)CC1. The number of nitrogens with zero attached hydrogens (tertiary/aromatic N) is 6. The van der Waals surface area contributed by atoms with Gasteiger partial charge in [-0.25, -0.2) is 4.98 Å². The van der Waals surface area contributed by atoms with E-state index >= 15 is 0 Å². The van der Waals surface area contributed by atoms with E-state index in [1.165, 1.54) is 0 Å². The van der Waals surface area contributed by atoms with Gasteiger partial charge in [0.2, 0.25) is 0 Å². The zero-order valence-electron chi connectivity index (χ0n) is 18.2. The molecule has 1 aliphatic heterocycles. The van der Waals surface area contributed by atoms with Gasteiger partial charge in [0.15, 0.2) is 0 Å². The summed E-state index contributed by atoms with van der Waals surface area (Å²) >= 11 is 0. The number of carbonyl (C=O) groups excluding carboxylic acids is 1. The first-order chi connectivity index (χ1) is 15.7. The van der Waals surface area contributed by atoms with Gasteiger partial charge in [0.05, 0.1) is 17.6 Å². The molecule has 0 unspecified atom stereocenters. The molecule has 2 aromatic carbocycles. The third kappa shape index (κ3) is 3.99. The summed E-state index contributed by atoms with van der Waals surface area (Å²) in [7, 11) is 2.02. The molecule has 32 heavy (non-hydrogen) atoms. The van der Waals surface area contributed by atoms with Crippen LogP contribution < -0.4 is 0 Å². The van der Waals surface area contributed by atoms with Crippen LogP contribution in [0.3, 0.4) is 0 Å². The molecule has 0 spiro atoms. The molecular formula is C25H26N6O. The van der Waals surface area contributed by atoms with Gasteiger partial charge >= 0.3 is 0 Å². The van der Waals surface area contributed by atoms with Crippen LogP contribution in [-0.2, 0) is 13.6 Å². The lowest BCUT2D eigenvalue weighted by Gasteiger charge is -2.23. The number of rotatable bonds is 4. The van der Waals surface area contributed by atoms with Gasteiger partial charge in [-0.05, 0) is 12.5 Å².